The quantitative estimate of drug-likeness (QED) is 0.886. The lowest BCUT2D eigenvalue weighted by Crippen LogP contribution is -2.39. The summed E-state index contributed by atoms with van der Waals surface area (Å²) >= 11 is 0. The molecule has 116 valence electrons. The second-order valence-corrected chi connectivity index (χ2v) is 6.03. The molecule has 6 nitrogen and oxygen atoms in total. The Morgan fingerprint density at radius 2 is 2.24 bits per heavy atom. The van der Waals surface area contributed by atoms with Crippen LogP contribution in [-0.2, 0) is 0 Å². The van der Waals surface area contributed by atoms with Gasteiger partial charge in [0.2, 0.25) is 0 Å². The van der Waals surface area contributed by atoms with Gasteiger partial charge in [0, 0.05) is 26.2 Å². The Morgan fingerprint density at radius 1 is 1.43 bits per heavy atom. The van der Waals surface area contributed by atoms with Crippen LogP contribution in [0.2, 0.25) is 0 Å². The van der Waals surface area contributed by atoms with Crippen molar-refractivity contribution < 1.29 is 4.79 Å². The van der Waals surface area contributed by atoms with E-state index in [1.54, 1.807) is 6.07 Å². The number of hydrogen-bond donors (Lipinski definition) is 1. The molecule has 1 aromatic heterocycles. The number of nitrogens with zero attached hydrogens (tertiary/aromatic N) is 4. The van der Waals surface area contributed by atoms with Gasteiger partial charge in [-0.05, 0) is 45.0 Å². The molecule has 0 spiro atoms. The van der Waals surface area contributed by atoms with Crippen LogP contribution < -0.4 is 5.32 Å². The molecule has 1 atom stereocenters. The topological polar surface area (TPSA) is 61.4 Å². The van der Waals surface area contributed by atoms with Crippen molar-refractivity contribution in [3.05, 3.63) is 17.8 Å². The lowest BCUT2D eigenvalue weighted by molar-refractivity contribution is 0.0676. The predicted octanol–water partition coefficient (Wildman–Crippen LogP) is 1.32. The molecule has 0 radical (unpaired) electrons. The van der Waals surface area contributed by atoms with Crippen LogP contribution in [0.25, 0.3) is 0 Å². The van der Waals surface area contributed by atoms with Crippen LogP contribution in [-0.4, -0.2) is 66.2 Å². The molecule has 0 saturated carbocycles. The summed E-state index contributed by atoms with van der Waals surface area (Å²) in [5.74, 6) is 1.27. The standard InChI is InChI=1S/C15H25N5O/c1-12-5-4-9-20(11-12)15(21)13-6-7-14(18-17-13)16-8-10-19(2)3/h6-7,12H,4-5,8-11H2,1-3H3,(H,16,18). The maximum Gasteiger partial charge on any atom is 0.274 e. The van der Waals surface area contributed by atoms with Gasteiger partial charge in [-0.15, -0.1) is 10.2 Å². The first-order chi connectivity index (χ1) is 10.1. The minimum absolute atomic E-state index is 0.00566. The summed E-state index contributed by atoms with van der Waals surface area (Å²) in [7, 11) is 4.05. The minimum atomic E-state index is -0.00566. The van der Waals surface area contributed by atoms with Gasteiger partial charge >= 0.3 is 0 Å². The largest absolute Gasteiger partial charge is 0.367 e. The van der Waals surface area contributed by atoms with E-state index in [0.717, 1.165) is 32.6 Å². The zero-order chi connectivity index (χ0) is 15.2. The lowest BCUT2D eigenvalue weighted by Gasteiger charge is -2.30. The SMILES string of the molecule is CC1CCCN(C(=O)c2ccc(NCCN(C)C)nn2)C1. The molecule has 1 N–H and O–H groups in total. The number of likely N-dealkylation sites (tertiary alicyclic amines) is 1. The van der Waals surface area contributed by atoms with Crippen molar-refractivity contribution in [2.45, 2.75) is 19.8 Å². The second-order valence-electron chi connectivity index (χ2n) is 6.03. The Bertz CT molecular complexity index is 460. The van der Waals surface area contributed by atoms with Crippen LogP contribution in [0.3, 0.4) is 0 Å². The molecule has 1 saturated heterocycles. The van der Waals surface area contributed by atoms with E-state index in [1.807, 2.05) is 25.1 Å². The Balaban J connectivity index is 1.90. The van der Waals surface area contributed by atoms with Crippen molar-refractivity contribution >= 4 is 11.7 Å². The molecule has 1 aliphatic heterocycles. The number of amides is 1. The third-order valence-corrected chi connectivity index (χ3v) is 3.69. The molecule has 1 unspecified atom stereocenters. The Labute approximate surface area is 126 Å². The molecule has 1 fully saturated rings. The van der Waals surface area contributed by atoms with E-state index in [2.05, 4.69) is 27.3 Å². The van der Waals surface area contributed by atoms with E-state index in [9.17, 15) is 4.79 Å². The summed E-state index contributed by atoms with van der Waals surface area (Å²) < 4.78 is 0. The van der Waals surface area contributed by atoms with Crippen molar-refractivity contribution in [2.75, 3.05) is 45.6 Å². The van der Waals surface area contributed by atoms with Gasteiger partial charge in [-0.2, -0.15) is 0 Å². The van der Waals surface area contributed by atoms with E-state index in [-0.39, 0.29) is 5.91 Å². The molecule has 0 aromatic carbocycles. The van der Waals surface area contributed by atoms with Gasteiger partial charge in [0.1, 0.15) is 5.82 Å². The predicted molar refractivity (Wildman–Crippen MR) is 83.4 cm³/mol. The number of anilines is 1. The summed E-state index contributed by atoms with van der Waals surface area (Å²) in [6.07, 6.45) is 2.27. The molecule has 0 aliphatic carbocycles. The van der Waals surface area contributed by atoms with Crippen molar-refractivity contribution in [1.29, 1.82) is 0 Å². The number of aromatic nitrogens is 2. The van der Waals surface area contributed by atoms with Crippen molar-refractivity contribution in [1.82, 2.24) is 20.0 Å². The first-order valence-corrected chi connectivity index (χ1v) is 7.58. The van der Waals surface area contributed by atoms with Crippen LogP contribution in [0.1, 0.15) is 30.3 Å². The third-order valence-electron chi connectivity index (χ3n) is 3.69. The smallest absolute Gasteiger partial charge is 0.274 e. The normalized spacial score (nSPS) is 18.9. The first kappa shape index (κ1) is 15.7. The fourth-order valence-corrected chi connectivity index (χ4v) is 2.48. The summed E-state index contributed by atoms with van der Waals surface area (Å²) in [4.78, 5) is 16.3. The fraction of sp³-hybridized carbons (Fsp3) is 0.667. The van der Waals surface area contributed by atoms with Gasteiger partial charge in [0.05, 0.1) is 0 Å². The van der Waals surface area contributed by atoms with Gasteiger partial charge in [0.25, 0.3) is 5.91 Å². The monoisotopic (exact) mass is 291 g/mol. The molecule has 1 amide bonds. The number of piperidine rings is 1. The molecule has 21 heavy (non-hydrogen) atoms. The number of likely N-dealkylation sites (N-methyl/N-ethyl adjacent to an activating group) is 1. The minimum Gasteiger partial charge on any atom is -0.367 e. The molecule has 0 bridgehead atoms. The van der Waals surface area contributed by atoms with Gasteiger partial charge < -0.3 is 15.1 Å². The van der Waals surface area contributed by atoms with Crippen LogP contribution in [0.5, 0.6) is 0 Å². The first-order valence-electron chi connectivity index (χ1n) is 7.58. The van der Waals surface area contributed by atoms with Crippen molar-refractivity contribution in [2.24, 2.45) is 5.92 Å². The maximum atomic E-state index is 12.4. The van der Waals surface area contributed by atoms with Gasteiger partial charge in [-0.1, -0.05) is 6.92 Å². The molecule has 2 rings (SSSR count). The van der Waals surface area contributed by atoms with Crippen LogP contribution in [0, 0.1) is 5.92 Å². The molecule has 2 heterocycles. The summed E-state index contributed by atoms with van der Waals surface area (Å²) in [5, 5.41) is 11.3. The lowest BCUT2D eigenvalue weighted by atomic mass is 10.00. The zero-order valence-electron chi connectivity index (χ0n) is 13.2. The molecular formula is C15H25N5O. The molecule has 1 aromatic rings. The number of hydrogen-bond acceptors (Lipinski definition) is 5. The number of carbonyl (C=O) groups is 1. The highest BCUT2D eigenvalue weighted by molar-refractivity contribution is 5.92. The highest BCUT2D eigenvalue weighted by atomic mass is 16.2. The number of nitrogens with one attached hydrogen (secondary N) is 1. The van der Waals surface area contributed by atoms with Gasteiger partial charge in [-0.25, -0.2) is 0 Å². The Hall–Kier alpha value is -1.69. The van der Waals surface area contributed by atoms with E-state index < -0.39 is 0 Å². The van der Waals surface area contributed by atoms with Crippen LogP contribution in [0.4, 0.5) is 5.82 Å². The van der Waals surface area contributed by atoms with Crippen LogP contribution in [0.15, 0.2) is 12.1 Å². The van der Waals surface area contributed by atoms with Crippen LogP contribution >= 0.6 is 0 Å². The summed E-state index contributed by atoms with van der Waals surface area (Å²) in [6, 6.07) is 3.58. The maximum absolute atomic E-state index is 12.4. The molecule has 1 aliphatic rings. The van der Waals surface area contributed by atoms with Gasteiger partial charge in [-0.3, -0.25) is 4.79 Å². The number of rotatable bonds is 5. The highest BCUT2D eigenvalue weighted by Crippen LogP contribution is 2.17. The molecular weight excluding hydrogens is 266 g/mol. The average molecular weight is 291 g/mol. The number of carbonyl (C=O) groups excluding carboxylic acids is 1. The fourth-order valence-electron chi connectivity index (χ4n) is 2.48. The third kappa shape index (κ3) is 4.67. The highest BCUT2D eigenvalue weighted by Gasteiger charge is 2.23. The summed E-state index contributed by atoms with van der Waals surface area (Å²) in [6.45, 7) is 5.56. The Kier molecular flexibility index (Phi) is 5.50. The van der Waals surface area contributed by atoms with E-state index in [0.29, 0.717) is 17.4 Å². The summed E-state index contributed by atoms with van der Waals surface area (Å²) in [5.41, 5.74) is 0.433. The van der Waals surface area contributed by atoms with Crippen molar-refractivity contribution in [3.63, 3.8) is 0 Å². The Morgan fingerprint density at radius 3 is 2.86 bits per heavy atom. The van der Waals surface area contributed by atoms with E-state index in [1.165, 1.54) is 6.42 Å². The van der Waals surface area contributed by atoms with E-state index >= 15 is 0 Å². The zero-order valence-corrected chi connectivity index (χ0v) is 13.2. The van der Waals surface area contributed by atoms with Gasteiger partial charge in [0.15, 0.2) is 5.69 Å². The second kappa shape index (κ2) is 7.36. The van der Waals surface area contributed by atoms with Crippen molar-refractivity contribution in [3.8, 4) is 0 Å². The molecule has 6 heteroatoms. The average Bonchev–Trinajstić information content (AvgIpc) is 2.47. The van der Waals surface area contributed by atoms with E-state index in [4.69, 9.17) is 0 Å².